The number of carboxylic acid groups (broad SMARTS) is 1. The van der Waals surface area contributed by atoms with E-state index in [4.69, 9.17) is 0 Å². The quantitative estimate of drug-likeness (QED) is 0.361. The number of rotatable bonds is 2. The minimum absolute atomic E-state index is 0.0310. The van der Waals surface area contributed by atoms with E-state index in [2.05, 4.69) is 20.8 Å². The lowest BCUT2D eigenvalue weighted by atomic mass is 9.37. The molecule has 9 unspecified atom stereocenters. The molecule has 0 aromatic heterocycles. The zero-order valence-electron chi connectivity index (χ0n) is 26.6. The van der Waals surface area contributed by atoms with Gasteiger partial charge in [0.1, 0.15) is 5.78 Å². The van der Waals surface area contributed by atoms with E-state index in [9.17, 15) is 24.6 Å². The summed E-state index contributed by atoms with van der Waals surface area (Å²) >= 11 is 0. The molecule has 39 heavy (non-hydrogen) atoms. The van der Waals surface area contributed by atoms with Gasteiger partial charge in [0.25, 0.3) is 0 Å². The first-order valence-corrected chi connectivity index (χ1v) is 16.1. The van der Waals surface area contributed by atoms with Crippen LogP contribution in [0.5, 0.6) is 0 Å². The fourth-order valence-corrected chi connectivity index (χ4v) is 9.99. The number of carboxylic acids is 1. The second kappa shape index (κ2) is 12.9. The monoisotopic (exact) mass is 546 g/mol. The van der Waals surface area contributed by atoms with E-state index in [0.717, 1.165) is 44.9 Å². The number of aliphatic hydroxyl groups is 1. The number of aliphatic carboxylic acids is 1. The van der Waals surface area contributed by atoms with Gasteiger partial charge in [0.2, 0.25) is 0 Å². The molecule has 0 saturated heterocycles. The van der Waals surface area contributed by atoms with Gasteiger partial charge in [-0.05, 0) is 90.4 Å². The zero-order valence-corrected chi connectivity index (χ0v) is 26.6. The van der Waals surface area contributed by atoms with Crippen LogP contribution in [-0.2, 0) is 14.4 Å². The normalized spacial score (nSPS) is 44.1. The molecule has 0 spiro atoms. The Balaban J connectivity index is 0.000000833. The average Bonchev–Trinajstić information content (AvgIpc) is 2.92. The maximum absolute atomic E-state index is 14.0. The van der Waals surface area contributed by atoms with Crippen LogP contribution in [0.3, 0.4) is 0 Å². The first kappa shape index (κ1) is 33.6. The van der Waals surface area contributed by atoms with Crippen LogP contribution in [0.25, 0.3) is 0 Å². The van der Waals surface area contributed by atoms with Gasteiger partial charge in [0, 0.05) is 18.3 Å². The molecule has 224 valence electrons. The fourth-order valence-electron chi connectivity index (χ4n) is 9.99. The Hall–Kier alpha value is -1.65. The molecule has 10 atom stereocenters. The maximum atomic E-state index is 14.0. The van der Waals surface area contributed by atoms with Crippen molar-refractivity contribution in [3.05, 3.63) is 11.8 Å². The molecule has 5 aliphatic rings. The number of carbonyl (C=O) groups excluding carboxylic acids is 2. The summed E-state index contributed by atoms with van der Waals surface area (Å²) in [7, 11) is 0. The van der Waals surface area contributed by atoms with Crippen molar-refractivity contribution in [1.82, 2.24) is 0 Å². The lowest BCUT2D eigenvalue weighted by Crippen LogP contribution is -2.63. The number of carbonyl (C=O) groups is 3. The second-order valence-electron chi connectivity index (χ2n) is 13.0. The molecule has 0 aromatic carbocycles. The number of Topliss-reactive ketones (excluding diaryl/α,β-unsaturated/α-hetero) is 2. The summed E-state index contributed by atoms with van der Waals surface area (Å²) in [5, 5.41) is 20.3. The fraction of sp³-hybridized carbons (Fsp3) is 0.853. The van der Waals surface area contributed by atoms with Gasteiger partial charge < -0.3 is 10.2 Å². The molecule has 0 aromatic rings. The van der Waals surface area contributed by atoms with Crippen LogP contribution in [-0.4, -0.2) is 27.7 Å². The minimum Gasteiger partial charge on any atom is -0.505 e. The molecule has 4 fully saturated rings. The highest BCUT2D eigenvalue weighted by atomic mass is 16.4. The molecule has 0 heterocycles. The van der Waals surface area contributed by atoms with Crippen LogP contribution < -0.4 is 0 Å². The third kappa shape index (κ3) is 5.49. The first-order chi connectivity index (χ1) is 18.4. The third-order valence-electron chi connectivity index (χ3n) is 11.6. The number of fused-ring (bicyclic) bond motifs is 7. The standard InChI is InChI=1S/C28H40O5.3C2H6/c1-15-5-9-28(14-23(31)32)10-7-18-24(19(28)11-15)20(29)12-22-26(18,3)8-6-17-16(2)25(33)21(30)13-27(17,22)4;3*1-2/h13,15-19,22,24,30H,5-12,14H2,1-4H3,(H,31,32);3*1-2H3/t15?,16?,17?,18?,19?,22?,24?,26?,27?,28-;;;/m1.../s1. The molecule has 5 heteroatoms. The van der Waals surface area contributed by atoms with E-state index < -0.39 is 5.97 Å². The molecular weight excluding hydrogens is 488 g/mol. The molecule has 4 saturated carbocycles. The van der Waals surface area contributed by atoms with Gasteiger partial charge in [-0.25, -0.2) is 0 Å². The van der Waals surface area contributed by atoms with Crippen molar-refractivity contribution < 1.29 is 24.6 Å². The Bertz CT molecular complexity index is 923. The van der Waals surface area contributed by atoms with E-state index >= 15 is 0 Å². The predicted molar refractivity (Wildman–Crippen MR) is 158 cm³/mol. The van der Waals surface area contributed by atoms with Gasteiger partial charge in [-0.15, -0.1) is 0 Å². The van der Waals surface area contributed by atoms with Gasteiger partial charge in [-0.2, -0.15) is 0 Å². The summed E-state index contributed by atoms with van der Waals surface area (Å²) in [5.41, 5.74) is -0.624. The lowest BCUT2D eigenvalue weighted by molar-refractivity contribution is -0.187. The summed E-state index contributed by atoms with van der Waals surface area (Å²) < 4.78 is 0. The molecule has 5 rings (SSSR count). The Kier molecular flexibility index (Phi) is 11.1. The van der Waals surface area contributed by atoms with Crippen molar-refractivity contribution in [2.75, 3.05) is 0 Å². The van der Waals surface area contributed by atoms with Crippen molar-refractivity contribution in [2.45, 2.75) is 127 Å². The van der Waals surface area contributed by atoms with Gasteiger partial charge in [0.05, 0.1) is 6.42 Å². The Labute approximate surface area is 238 Å². The van der Waals surface area contributed by atoms with Crippen LogP contribution in [0.1, 0.15) is 127 Å². The summed E-state index contributed by atoms with van der Waals surface area (Å²) in [6.45, 7) is 20.7. The van der Waals surface area contributed by atoms with Gasteiger partial charge in [-0.1, -0.05) is 75.7 Å². The highest BCUT2D eigenvalue weighted by molar-refractivity contribution is 5.96. The Morgan fingerprint density at radius 2 is 1.46 bits per heavy atom. The van der Waals surface area contributed by atoms with Crippen molar-refractivity contribution >= 4 is 17.5 Å². The minimum atomic E-state index is -0.727. The molecule has 0 bridgehead atoms. The van der Waals surface area contributed by atoms with Crippen LogP contribution in [0.2, 0.25) is 0 Å². The summed E-state index contributed by atoms with van der Waals surface area (Å²) in [5.74, 6) is 0.297. The second-order valence-corrected chi connectivity index (χ2v) is 13.0. The number of aliphatic hydroxyl groups excluding tert-OH is 1. The number of ketones is 2. The average molecular weight is 547 g/mol. The van der Waals surface area contributed by atoms with E-state index in [1.165, 1.54) is 0 Å². The van der Waals surface area contributed by atoms with Crippen LogP contribution in [0.15, 0.2) is 11.8 Å². The molecular formula is C34H58O5. The topological polar surface area (TPSA) is 91.7 Å². The highest BCUT2D eigenvalue weighted by Gasteiger charge is 2.66. The smallest absolute Gasteiger partial charge is 0.303 e. The molecule has 2 N–H and O–H groups in total. The Morgan fingerprint density at radius 1 is 0.897 bits per heavy atom. The van der Waals surface area contributed by atoms with Crippen LogP contribution >= 0.6 is 0 Å². The SMILES string of the molecule is CC.CC.CC.CC1CC[C@]2(CC(=O)O)CCC3C(C(=O)CC4C5(C)C=C(O)C(=O)C(C)C5CCC34C)C2C1. The van der Waals surface area contributed by atoms with Gasteiger partial charge in [0.15, 0.2) is 11.5 Å². The first-order valence-electron chi connectivity index (χ1n) is 16.1. The van der Waals surface area contributed by atoms with Gasteiger partial charge >= 0.3 is 5.97 Å². The van der Waals surface area contributed by atoms with Gasteiger partial charge in [-0.3, -0.25) is 14.4 Å². The maximum Gasteiger partial charge on any atom is 0.303 e. The van der Waals surface area contributed by atoms with Crippen molar-refractivity contribution in [2.24, 2.45) is 57.7 Å². The lowest BCUT2D eigenvalue weighted by Gasteiger charge is -2.66. The third-order valence-corrected chi connectivity index (χ3v) is 11.6. The predicted octanol–water partition coefficient (Wildman–Crippen LogP) is 8.66. The van der Waals surface area contributed by atoms with Crippen LogP contribution in [0, 0.1) is 57.7 Å². The van der Waals surface area contributed by atoms with E-state index in [-0.39, 0.29) is 69.7 Å². The molecule has 0 aliphatic heterocycles. The largest absolute Gasteiger partial charge is 0.505 e. The van der Waals surface area contributed by atoms with Crippen molar-refractivity contribution in [3.63, 3.8) is 0 Å². The molecule has 5 nitrogen and oxygen atoms in total. The van der Waals surface area contributed by atoms with Crippen molar-refractivity contribution in [3.8, 4) is 0 Å². The van der Waals surface area contributed by atoms with Crippen LogP contribution in [0.4, 0.5) is 0 Å². The van der Waals surface area contributed by atoms with E-state index in [1.54, 1.807) is 6.08 Å². The highest BCUT2D eigenvalue weighted by Crippen LogP contribution is 2.70. The van der Waals surface area contributed by atoms with E-state index in [1.807, 2.05) is 48.5 Å². The van der Waals surface area contributed by atoms with E-state index in [0.29, 0.717) is 18.1 Å². The summed E-state index contributed by atoms with van der Waals surface area (Å²) in [6.07, 6.45) is 9.22. The molecule has 0 amide bonds. The summed E-state index contributed by atoms with van der Waals surface area (Å²) in [4.78, 5) is 38.4. The molecule has 0 radical (unpaired) electrons. The zero-order chi connectivity index (χ0) is 29.9. The number of hydrogen-bond acceptors (Lipinski definition) is 4. The number of hydrogen-bond donors (Lipinski definition) is 2. The number of allylic oxidation sites excluding steroid dienone is 2. The Morgan fingerprint density at radius 3 is 2.05 bits per heavy atom. The summed E-state index contributed by atoms with van der Waals surface area (Å²) in [6, 6.07) is 0. The molecule has 5 aliphatic carbocycles. The van der Waals surface area contributed by atoms with Crippen molar-refractivity contribution in [1.29, 1.82) is 0 Å².